The number of carbonyl (C=O) groups excluding carboxylic acids is 1. The largest absolute Gasteiger partial charge is 0.486 e. The first-order chi connectivity index (χ1) is 12.8. The van der Waals surface area contributed by atoms with Crippen molar-refractivity contribution in [1.29, 1.82) is 0 Å². The summed E-state index contributed by atoms with van der Waals surface area (Å²) in [7, 11) is 0. The highest BCUT2D eigenvalue weighted by Crippen LogP contribution is 2.33. The number of piperidine rings is 1. The number of hydrogen-bond acceptors (Lipinski definition) is 7. The van der Waals surface area contributed by atoms with Gasteiger partial charge in [-0.25, -0.2) is 4.68 Å². The molecule has 1 N–H and O–H groups in total. The molecule has 0 bridgehead atoms. The van der Waals surface area contributed by atoms with Gasteiger partial charge in [0.15, 0.2) is 11.5 Å². The summed E-state index contributed by atoms with van der Waals surface area (Å²) < 4.78 is 12.8. The van der Waals surface area contributed by atoms with Crippen LogP contribution in [-0.2, 0) is 11.3 Å². The predicted molar refractivity (Wildman–Crippen MR) is 93.1 cm³/mol. The quantitative estimate of drug-likeness (QED) is 0.850. The van der Waals surface area contributed by atoms with E-state index in [0.29, 0.717) is 32.7 Å². The van der Waals surface area contributed by atoms with Crippen molar-refractivity contribution < 1.29 is 14.3 Å². The van der Waals surface area contributed by atoms with Crippen molar-refractivity contribution in [3.05, 3.63) is 24.5 Å². The van der Waals surface area contributed by atoms with Gasteiger partial charge in [-0.1, -0.05) is 0 Å². The number of ether oxygens (including phenoxy) is 2. The fourth-order valence-corrected chi connectivity index (χ4v) is 3.34. The average Bonchev–Trinajstić information content (AvgIpc) is 3.20. The van der Waals surface area contributed by atoms with Gasteiger partial charge < -0.3 is 19.7 Å². The molecule has 1 saturated heterocycles. The number of nitrogens with zero attached hydrogens (tertiary/aromatic N) is 5. The van der Waals surface area contributed by atoms with E-state index in [1.54, 1.807) is 4.68 Å². The average molecular weight is 358 g/mol. The lowest BCUT2D eigenvalue weighted by Gasteiger charge is -2.34. The fraction of sp³-hybridized carbons (Fsp3) is 0.529. The molecule has 1 amide bonds. The van der Waals surface area contributed by atoms with E-state index >= 15 is 0 Å². The number of aromatic nitrogens is 4. The highest BCUT2D eigenvalue weighted by Gasteiger charge is 2.24. The number of fused-ring (bicyclic) bond motifs is 1. The molecule has 9 nitrogen and oxygen atoms in total. The second-order valence-electron chi connectivity index (χ2n) is 6.50. The number of rotatable bonds is 5. The number of nitrogens with one attached hydrogen (secondary N) is 1. The Morgan fingerprint density at radius 2 is 2.15 bits per heavy atom. The molecule has 2 aliphatic heterocycles. The number of aryl methyl sites for hydroxylation is 1. The normalized spacial score (nSPS) is 19.2. The predicted octanol–water partition coefficient (Wildman–Crippen LogP) is 0.937. The van der Waals surface area contributed by atoms with Crippen LogP contribution in [0.5, 0.6) is 11.5 Å². The van der Waals surface area contributed by atoms with Gasteiger partial charge in [-0.3, -0.25) is 4.79 Å². The van der Waals surface area contributed by atoms with E-state index in [1.165, 1.54) is 6.33 Å². The van der Waals surface area contributed by atoms with Crippen molar-refractivity contribution in [3.63, 3.8) is 0 Å². The summed E-state index contributed by atoms with van der Waals surface area (Å²) in [6.07, 6.45) is 3.95. The maximum atomic E-state index is 12.5. The van der Waals surface area contributed by atoms with Crippen LogP contribution in [0, 0.1) is 0 Å². The van der Waals surface area contributed by atoms with Crippen LogP contribution in [0.1, 0.15) is 19.3 Å². The van der Waals surface area contributed by atoms with Gasteiger partial charge in [0.05, 0.1) is 6.54 Å². The van der Waals surface area contributed by atoms with E-state index in [-0.39, 0.29) is 11.9 Å². The van der Waals surface area contributed by atoms with Crippen LogP contribution in [0.15, 0.2) is 24.5 Å². The summed E-state index contributed by atoms with van der Waals surface area (Å²) in [5.74, 6) is 1.69. The van der Waals surface area contributed by atoms with Crippen LogP contribution in [-0.4, -0.2) is 63.4 Å². The van der Waals surface area contributed by atoms with Gasteiger partial charge in [-0.15, -0.1) is 5.10 Å². The number of carbonyl (C=O) groups is 1. The maximum absolute atomic E-state index is 12.5. The summed E-state index contributed by atoms with van der Waals surface area (Å²) in [6.45, 7) is 3.16. The number of anilines is 1. The zero-order valence-electron chi connectivity index (χ0n) is 14.5. The maximum Gasteiger partial charge on any atom is 0.224 e. The number of likely N-dealkylation sites (tertiary alicyclic amines) is 1. The first kappa shape index (κ1) is 16.6. The molecule has 0 spiro atoms. The second kappa shape index (κ2) is 7.59. The van der Waals surface area contributed by atoms with Gasteiger partial charge in [0, 0.05) is 37.3 Å². The van der Waals surface area contributed by atoms with Gasteiger partial charge in [0.1, 0.15) is 19.5 Å². The molecule has 2 aromatic rings. The van der Waals surface area contributed by atoms with Crippen molar-refractivity contribution >= 4 is 11.6 Å². The highest BCUT2D eigenvalue weighted by molar-refractivity contribution is 5.76. The summed E-state index contributed by atoms with van der Waals surface area (Å²) in [5.41, 5.74) is 0.988. The second-order valence-corrected chi connectivity index (χ2v) is 6.50. The Labute approximate surface area is 151 Å². The van der Waals surface area contributed by atoms with E-state index in [4.69, 9.17) is 9.47 Å². The Morgan fingerprint density at radius 3 is 3.00 bits per heavy atom. The Kier molecular flexibility index (Phi) is 4.85. The van der Waals surface area contributed by atoms with Crippen molar-refractivity contribution in [3.8, 4) is 11.5 Å². The number of tetrazole rings is 1. The minimum atomic E-state index is 0.133. The molecule has 1 unspecified atom stereocenters. The van der Waals surface area contributed by atoms with E-state index in [0.717, 1.165) is 36.6 Å². The molecule has 4 rings (SSSR count). The fourth-order valence-electron chi connectivity index (χ4n) is 3.34. The topological polar surface area (TPSA) is 94.4 Å². The SMILES string of the molecule is O=C(CCn1cnnn1)N1CCCC(Nc2ccc3c(c2)OCCO3)C1. The Bertz CT molecular complexity index is 751. The third-order valence-corrected chi connectivity index (χ3v) is 4.63. The first-order valence-corrected chi connectivity index (χ1v) is 8.93. The molecular formula is C17H22N6O3. The molecule has 1 fully saturated rings. The number of benzene rings is 1. The molecule has 26 heavy (non-hydrogen) atoms. The molecule has 0 radical (unpaired) electrons. The third-order valence-electron chi connectivity index (χ3n) is 4.63. The summed E-state index contributed by atoms with van der Waals surface area (Å²) in [6, 6.07) is 6.11. The van der Waals surface area contributed by atoms with E-state index in [2.05, 4.69) is 20.8 Å². The summed E-state index contributed by atoms with van der Waals surface area (Å²) in [4.78, 5) is 14.4. The van der Waals surface area contributed by atoms with Crippen LogP contribution < -0.4 is 14.8 Å². The molecule has 1 aromatic heterocycles. The van der Waals surface area contributed by atoms with Crippen molar-refractivity contribution in [2.45, 2.75) is 31.8 Å². The molecule has 9 heteroatoms. The Morgan fingerprint density at radius 1 is 1.27 bits per heavy atom. The van der Waals surface area contributed by atoms with E-state index in [9.17, 15) is 4.79 Å². The van der Waals surface area contributed by atoms with Gasteiger partial charge in [-0.05, 0) is 35.4 Å². The zero-order chi connectivity index (χ0) is 17.8. The van der Waals surface area contributed by atoms with Crippen molar-refractivity contribution in [2.24, 2.45) is 0 Å². The minimum Gasteiger partial charge on any atom is -0.486 e. The summed E-state index contributed by atoms with van der Waals surface area (Å²) in [5, 5.41) is 14.5. The standard InChI is InChI=1S/C17H22N6O3/c24-17(5-7-23-12-18-20-21-23)22-6-1-2-14(11-22)19-13-3-4-15-16(10-13)26-9-8-25-15/h3-4,10,12,14,19H,1-2,5-9,11H2. The molecule has 0 aliphatic carbocycles. The summed E-state index contributed by atoms with van der Waals surface area (Å²) >= 11 is 0. The third kappa shape index (κ3) is 3.87. The zero-order valence-corrected chi connectivity index (χ0v) is 14.5. The van der Waals surface area contributed by atoms with Gasteiger partial charge in [0.25, 0.3) is 0 Å². The van der Waals surface area contributed by atoms with Gasteiger partial charge >= 0.3 is 0 Å². The van der Waals surface area contributed by atoms with Crippen LogP contribution in [0.25, 0.3) is 0 Å². The van der Waals surface area contributed by atoms with Gasteiger partial charge in [-0.2, -0.15) is 0 Å². The monoisotopic (exact) mass is 358 g/mol. The van der Waals surface area contributed by atoms with Crippen LogP contribution in [0.2, 0.25) is 0 Å². The highest BCUT2D eigenvalue weighted by atomic mass is 16.6. The lowest BCUT2D eigenvalue weighted by Crippen LogP contribution is -2.45. The molecular weight excluding hydrogens is 336 g/mol. The Hall–Kier alpha value is -2.84. The van der Waals surface area contributed by atoms with Crippen LogP contribution in [0.4, 0.5) is 5.69 Å². The molecule has 1 aromatic carbocycles. The molecule has 3 heterocycles. The molecule has 0 saturated carbocycles. The van der Waals surface area contributed by atoms with E-state index in [1.807, 2.05) is 23.1 Å². The minimum absolute atomic E-state index is 0.133. The van der Waals surface area contributed by atoms with Crippen LogP contribution in [0.3, 0.4) is 0 Å². The molecule has 1 atom stereocenters. The van der Waals surface area contributed by atoms with Crippen molar-refractivity contribution in [1.82, 2.24) is 25.1 Å². The number of hydrogen-bond donors (Lipinski definition) is 1. The first-order valence-electron chi connectivity index (χ1n) is 8.93. The molecule has 138 valence electrons. The molecule has 2 aliphatic rings. The number of amides is 1. The Balaban J connectivity index is 1.32. The smallest absolute Gasteiger partial charge is 0.224 e. The lowest BCUT2D eigenvalue weighted by molar-refractivity contribution is -0.132. The van der Waals surface area contributed by atoms with E-state index < -0.39 is 0 Å². The van der Waals surface area contributed by atoms with Crippen molar-refractivity contribution in [2.75, 3.05) is 31.6 Å². The van der Waals surface area contributed by atoms with Crippen LogP contribution >= 0.6 is 0 Å². The van der Waals surface area contributed by atoms with Gasteiger partial charge in [0.2, 0.25) is 5.91 Å². The lowest BCUT2D eigenvalue weighted by atomic mass is 10.0.